The lowest BCUT2D eigenvalue weighted by Crippen LogP contribution is -2.41. The maximum absolute atomic E-state index is 8.47. The minimum atomic E-state index is -2.87. The van der Waals surface area contributed by atoms with Gasteiger partial charge in [0, 0.05) is 16.5 Å². The van der Waals surface area contributed by atoms with Crippen LogP contribution in [-0.2, 0) is 9.31 Å². The Bertz CT molecular complexity index is 973. The van der Waals surface area contributed by atoms with E-state index in [1.807, 2.05) is 27.7 Å². The second kappa shape index (κ2) is 4.68. The van der Waals surface area contributed by atoms with Gasteiger partial charge in [0.15, 0.2) is 0 Å². The standard InChI is InChI=1S/C15H20BN3O2/c1-11-6-7-17-8-12(11)19-9-13(18-10-19)16-20-14(2,3)15(4,5)21-16/h6-10H,1-5H3/i1D3,6D,7D,8D,9D,10D. The van der Waals surface area contributed by atoms with Crippen molar-refractivity contribution in [3.63, 3.8) is 0 Å². The summed E-state index contributed by atoms with van der Waals surface area (Å²) >= 11 is 0. The van der Waals surface area contributed by atoms with E-state index in [2.05, 4.69) is 9.97 Å². The molecule has 2 aromatic rings. The molecule has 0 N–H and O–H groups in total. The van der Waals surface area contributed by atoms with Gasteiger partial charge in [-0.05, 0) is 46.2 Å². The summed E-state index contributed by atoms with van der Waals surface area (Å²) in [7, 11) is -1.07. The number of rotatable bonds is 2. The summed E-state index contributed by atoms with van der Waals surface area (Å²) in [6, 6.07) is -0.694. The predicted molar refractivity (Wildman–Crippen MR) is 81.8 cm³/mol. The van der Waals surface area contributed by atoms with Crippen LogP contribution in [0.25, 0.3) is 5.69 Å². The van der Waals surface area contributed by atoms with Crippen LogP contribution >= 0.6 is 0 Å². The van der Waals surface area contributed by atoms with Crippen molar-refractivity contribution in [3.05, 3.63) is 36.4 Å². The molecule has 2 aromatic heterocycles. The van der Waals surface area contributed by atoms with E-state index in [1.165, 1.54) is 0 Å². The second-order valence-electron chi connectivity index (χ2n) is 5.82. The molecule has 0 atom stereocenters. The van der Waals surface area contributed by atoms with Crippen molar-refractivity contribution < 1.29 is 20.3 Å². The third-order valence-electron chi connectivity index (χ3n) is 3.83. The monoisotopic (exact) mass is 293 g/mol. The molecule has 0 unspecified atom stereocenters. The lowest BCUT2D eigenvalue weighted by molar-refractivity contribution is 0.00578. The molecule has 0 saturated carbocycles. The largest absolute Gasteiger partial charge is 0.516 e. The maximum Gasteiger partial charge on any atom is 0.516 e. The first kappa shape index (κ1) is 7.56. The molecular weight excluding hydrogens is 265 g/mol. The fraction of sp³-hybridized carbons (Fsp3) is 0.467. The van der Waals surface area contributed by atoms with Crippen molar-refractivity contribution in [1.29, 1.82) is 0 Å². The molecule has 0 aliphatic carbocycles. The van der Waals surface area contributed by atoms with Crippen molar-refractivity contribution in [2.45, 2.75) is 45.7 Å². The highest BCUT2D eigenvalue weighted by Gasteiger charge is 2.52. The number of hydrogen-bond acceptors (Lipinski definition) is 4. The van der Waals surface area contributed by atoms with E-state index < -0.39 is 67.3 Å². The van der Waals surface area contributed by atoms with Gasteiger partial charge in [-0.3, -0.25) is 4.98 Å². The first-order chi connectivity index (χ1) is 13.1. The van der Waals surface area contributed by atoms with Crippen LogP contribution in [0.2, 0.25) is 0 Å². The smallest absolute Gasteiger partial charge is 0.398 e. The molecule has 3 rings (SSSR count). The summed E-state index contributed by atoms with van der Waals surface area (Å²) < 4.78 is 76.0. The minimum Gasteiger partial charge on any atom is -0.398 e. The van der Waals surface area contributed by atoms with Crippen molar-refractivity contribution in [3.8, 4) is 5.69 Å². The van der Waals surface area contributed by atoms with Crippen LogP contribution in [0.5, 0.6) is 0 Å². The molecule has 0 spiro atoms. The minimum absolute atomic E-state index is 0.0500. The van der Waals surface area contributed by atoms with Gasteiger partial charge in [0.25, 0.3) is 0 Å². The summed E-state index contributed by atoms with van der Waals surface area (Å²) in [5.41, 5.74) is -2.57. The van der Waals surface area contributed by atoms with Gasteiger partial charge in [0.2, 0.25) is 0 Å². The van der Waals surface area contributed by atoms with Crippen molar-refractivity contribution in [2.24, 2.45) is 0 Å². The zero-order valence-corrected chi connectivity index (χ0v) is 12.2. The van der Waals surface area contributed by atoms with Gasteiger partial charge >= 0.3 is 7.12 Å². The second-order valence-corrected chi connectivity index (χ2v) is 5.82. The third-order valence-corrected chi connectivity index (χ3v) is 3.83. The van der Waals surface area contributed by atoms with Crippen molar-refractivity contribution in [1.82, 2.24) is 14.5 Å². The highest BCUT2D eigenvalue weighted by molar-refractivity contribution is 6.61. The molecule has 0 bridgehead atoms. The molecule has 110 valence electrons. The van der Waals surface area contributed by atoms with Crippen LogP contribution in [0.4, 0.5) is 0 Å². The van der Waals surface area contributed by atoms with E-state index in [9.17, 15) is 0 Å². The number of pyridine rings is 1. The van der Waals surface area contributed by atoms with Crippen LogP contribution in [-0.4, -0.2) is 32.9 Å². The van der Waals surface area contributed by atoms with Crippen LogP contribution in [0, 0.1) is 6.85 Å². The zero-order valence-electron chi connectivity index (χ0n) is 20.2. The van der Waals surface area contributed by atoms with Gasteiger partial charge in [-0.15, -0.1) is 0 Å². The summed E-state index contributed by atoms with van der Waals surface area (Å²) in [5, 5.41) is 0. The Morgan fingerprint density at radius 2 is 2.00 bits per heavy atom. The predicted octanol–water partition coefficient (Wildman–Crippen LogP) is 1.87. The number of aromatic nitrogens is 3. The van der Waals surface area contributed by atoms with Gasteiger partial charge in [0.05, 0.1) is 40.4 Å². The summed E-state index contributed by atoms with van der Waals surface area (Å²) in [6.45, 7) is 4.38. The SMILES string of the molecule is [2H]c1nc([2H])c(-n2c([2H])nc(B3OC(C)(C)C(C)(C)O3)c2[2H])c(C([2H])([2H])[2H])c1[2H]. The summed E-state index contributed by atoms with van der Waals surface area (Å²) in [6.07, 6.45) is -2.25. The average molecular weight is 293 g/mol. The maximum atomic E-state index is 8.47. The fourth-order valence-electron chi connectivity index (χ4n) is 1.88. The number of imidazole rings is 1. The van der Waals surface area contributed by atoms with Gasteiger partial charge in [-0.25, -0.2) is 4.98 Å². The summed E-state index contributed by atoms with van der Waals surface area (Å²) in [5.74, 6) is 0. The normalized spacial score (nSPS) is 26.0. The zero-order chi connectivity index (χ0) is 22.1. The van der Waals surface area contributed by atoms with Crippen LogP contribution in [0.15, 0.2) is 30.9 Å². The van der Waals surface area contributed by atoms with Crippen LogP contribution in [0.3, 0.4) is 0 Å². The van der Waals surface area contributed by atoms with E-state index in [0.717, 1.165) is 4.57 Å². The lowest BCUT2D eigenvalue weighted by atomic mass is 9.86. The first-order valence-electron chi connectivity index (χ1n) is 10.5. The number of nitrogens with zero attached hydrogens (tertiary/aromatic N) is 3. The van der Waals surface area contributed by atoms with E-state index in [4.69, 9.17) is 20.3 Å². The first-order valence-corrected chi connectivity index (χ1v) is 6.48. The molecule has 0 amide bonds. The van der Waals surface area contributed by atoms with Gasteiger partial charge in [-0.1, -0.05) is 0 Å². The van der Waals surface area contributed by atoms with Crippen molar-refractivity contribution >= 4 is 12.7 Å². The molecule has 1 saturated heterocycles. The topological polar surface area (TPSA) is 49.2 Å². The lowest BCUT2D eigenvalue weighted by Gasteiger charge is -2.32. The Hall–Kier alpha value is -1.66. The molecule has 6 heteroatoms. The highest BCUT2D eigenvalue weighted by Crippen LogP contribution is 2.36. The molecule has 0 aromatic carbocycles. The molecule has 1 fully saturated rings. The van der Waals surface area contributed by atoms with E-state index in [0.29, 0.717) is 0 Å². The van der Waals surface area contributed by atoms with E-state index in [-0.39, 0.29) is 5.59 Å². The Morgan fingerprint density at radius 1 is 1.29 bits per heavy atom. The van der Waals surface area contributed by atoms with E-state index >= 15 is 0 Å². The molecule has 1 aliphatic rings. The Labute approximate surface area is 136 Å². The Balaban J connectivity index is 2.23. The van der Waals surface area contributed by atoms with Crippen molar-refractivity contribution in [2.75, 3.05) is 0 Å². The molecule has 21 heavy (non-hydrogen) atoms. The molecule has 0 radical (unpaired) electrons. The highest BCUT2D eigenvalue weighted by atomic mass is 16.7. The molecule has 5 nitrogen and oxygen atoms in total. The summed E-state index contributed by atoms with van der Waals surface area (Å²) in [4.78, 5) is 7.58. The third kappa shape index (κ3) is 2.38. The Kier molecular flexibility index (Phi) is 1.68. The molecule has 1 aliphatic heterocycles. The number of hydrogen-bond donors (Lipinski definition) is 0. The quantitative estimate of drug-likeness (QED) is 0.793. The van der Waals surface area contributed by atoms with E-state index in [1.54, 1.807) is 0 Å². The molecule has 3 heterocycles. The van der Waals surface area contributed by atoms with Gasteiger partial charge < -0.3 is 13.9 Å². The van der Waals surface area contributed by atoms with Gasteiger partial charge in [0.1, 0.15) is 1.37 Å². The van der Waals surface area contributed by atoms with Crippen LogP contribution < -0.4 is 5.59 Å². The van der Waals surface area contributed by atoms with Crippen LogP contribution in [0.1, 0.15) is 44.2 Å². The average Bonchev–Trinajstić information content (AvgIpc) is 2.94. The molecular formula is C15H20BN3O2. The van der Waals surface area contributed by atoms with Gasteiger partial charge in [-0.2, -0.15) is 0 Å². The Morgan fingerprint density at radius 3 is 2.67 bits per heavy atom. The fourth-order valence-corrected chi connectivity index (χ4v) is 1.88.